The fraction of sp³-hybridized carbons (Fsp3) is 0.536. The summed E-state index contributed by atoms with van der Waals surface area (Å²) in [6, 6.07) is 6.16. The molecule has 4 aliphatic rings. The average molecular weight is 562 g/mol. The topological polar surface area (TPSA) is 43.3 Å². The minimum absolute atomic E-state index is 0.277. The first-order valence-electron chi connectivity index (χ1n) is 13.5. The number of aliphatic imine (C=N–C) groups is 1. The third-order valence-corrected chi connectivity index (χ3v) is 9.00. The molecule has 6 nitrogen and oxygen atoms in total. The standard InChI is InChI=1S/C28H34ClF2N5OS/c1-17-12-32-4-5-36(17)28-21-11-23(29)26(20-3-2-18(30)10-24(20)31)27(25(16-38)33-28)22(21)13-34-6-8-35(9-7-34)19-14-37-15-19/h2-3,10-11,17,19,25,32,38H,4-9,12-16H2,1H3. The molecule has 38 heavy (non-hydrogen) atoms. The third kappa shape index (κ3) is 4.86. The number of thiol groups is 1. The van der Waals surface area contributed by atoms with Gasteiger partial charge in [0.15, 0.2) is 0 Å². The molecule has 0 aromatic heterocycles. The zero-order valence-corrected chi connectivity index (χ0v) is 23.2. The predicted molar refractivity (Wildman–Crippen MR) is 150 cm³/mol. The van der Waals surface area contributed by atoms with Crippen molar-refractivity contribution in [2.24, 2.45) is 4.99 Å². The van der Waals surface area contributed by atoms with E-state index in [0.717, 1.165) is 94.2 Å². The summed E-state index contributed by atoms with van der Waals surface area (Å²) in [6.45, 7) is 11.1. The van der Waals surface area contributed by atoms with Crippen molar-refractivity contribution in [3.8, 4) is 11.1 Å². The van der Waals surface area contributed by atoms with Crippen LogP contribution in [0.1, 0.15) is 29.7 Å². The molecule has 4 aliphatic heterocycles. The lowest BCUT2D eigenvalue weighted by molar-refractivity contribution is -0.0774. The van der Waals surface area contributed by atoms with Crippen molar-refractivity contribution in [3.63, 3.8) is 0 Å². The predicted octanol–water partition coefficient (Wildman–Crippen LogP) is 3.83. The smallest absolute Gasteiger partial charge is 0.134 e. The first-order chi connectivity index (χ1) is 18.4. The molecule has 10 heteroatoms. The summed E-state index contributed by atoms with van der Waals surface area (Å²) in [5.41, 5.74) is 3.95. The van der Waals surface area contributed by atoms with Crippen molar-refractivity contribution in [2.75, 3.05) is 64.8 Å². The summed E-state index contributed by atoms with van der Waals surface area (Å²) >= 11 is 11.6. The molecular weight excluding hydrogens is 528 g/mol. The summed E-state index contributed by atoms with van der Waals surface area (Å²) in [7, 11) is 0. The Morgan fingerprint density at radius 2 is 1.89 bits per heavy atom. The third-order valence-electron chi connectivity index (χ3n) is 8.35. The highest BCUT2D eigenvalue weighted by atomic mass is 35.5. The van der Waals surface area contributed by atoms with E-state index in [0.29, 0.717) is 27.9 Å². The number of ether oxygens (including phenoxy) is 1. The maximum atomic E-state index is 15.2. The minimum atomic E-state index is -0.624. The van der Waals surface area contributed by atoms with Crippen LogP contribution in [0.3, 0.4) is 0 Å². The summed E-state index contributed by atoms with van der Waals surface area (Å²) in [5, 5.41) is 3.92. The van der Waals surface area contributed by atoms with E-state index in [4.69, 9.17) is 34.0 Å². The number of rotatable bonds is 5. The lowest BCUT2D eigenvalue weighted by Gasteiger charge is -2.44. The quantitative estimate of drug-likeness (QED) is 0.543. The van der Waals surface area contributed by atoms with Gasteiger partial charge >= 0.3 is 0 Å². The second-order valence-electron chi connectivity index (χ2n) is 10.7. The number of halogens is 3. The highest BCUT2D eigenvalue weighted by Crippen LogP contribution is 2.45. The van der Waals surface area contributed by atoms with Crippen molar-refractivity contribution in [3.05, 3.63) is 57.6 Å². The first kappa shape index (κ1) is 26.5. The van der Waals surface area contributed by atoms with Gasteiger partial charge < -0.3 is 15.0 Å². The van der Waals surface area contributed by atoms with E-state index in [2.05, 4.69) is 26.9 Å². The van der Waals surface area contributed by atoms with Gasteiger partial charge in [-0.05, 0) is 36.2 Å². The summed E-state index contributed by atoms with van der Waals surface area (Å²) in [4.78, 5) is 12.5. The lowest BCUT2D eigenvalue weighted by Crippen LogP contribution is -2.56. The van der Waals surface area contributed by atoms with Gasteiger partial charge in [-0.25, -0.2) is 8.78 Å². The van der Waals surface area contributed by atoms with Gasteiger partial charge in [0, 0.05) is 91.9 Å². The van der Waals surface area contributed by atoms with E-state index in [1.165, 1.54) is 12.1 Å². The Balaban J connectivity index is 1.43. The fourth-order valence-electron chi connectivity index (χ4n) is 6.16. The van der Waals surface area contributed by atoms with Crippen molar-refractivity contribution < 1.29 is 13.5 Å². The summed E-state index contributed by atoms with van der Waals surface area (Å²) in [6.07, 6.45) is 0. The van der Waals surface area contributed by atoms with Crippen LogP contribution in [-0.4, -0.2) is 97.4 Å². The van der Waals surface area contributed by atoms with Gasteiger partial charge in [-0.15, -0.1) is 0 Å². The van der Waals surface area contributed by atoms with Crippen molar-refractivity contribution in [1.82, 2.24) is 20.0 Å². The zero-order chi connectivity index (χ0) is 26.4. The molecule has 1 N–H and O–H groups in total. The summed E-state index contributed by atoms with van der Waals surface area (Å²) in [5.74, 6) is 0.170. The second kappa shape index (κ2) is 11.0. The van der Waals surface area contributed by atoms with Gasteiger partial charge in [-0.1, -0.05) is 11.6 Å². The van der Waals surface area contributed by atoms with Gasteiger partial charge in [0.25, 0.3) is 0 Å². The zero-order valence-electron chi connectivity index (χ0n) is 21.6. The molecule has 204 valence electrons. The number of piperazine rings is 2. The van der Waals surface area contributed by atoms with Crippen LogP contribution in [0.5, 0.6) is 0 Å². The molecule has 3 fully saturated rings. The van der Waals surface area contributed by atoms with Crippen molar-refractivity contribution >= 4 is 30.1 Å². The Kier molecular flexibility index (Phi) is 7.68. The minimum Gasteiger partial charge on any atom is -0.378 e. The molecule has 2 atom stereocenters. The van der Waals surface area contributed by atoms with E-state index in [1.807, 2.05) is 6.07 Å². The van der Waals surface area contributed by atoms with Crippen LogP contribution in [0.2, 0.25) is 5.02 Å². The van der Waals surface area contributed by atoms with Gasteiger partial charge in [-0.2, -0.15) is 12.6 Å². The summed E-state index contributed by atoms with van der Waals surface area (Å²) < 4.78 is 34.4. The molecule has 0 radical (unpaired) electrons. The maximum Gasteiger partial charge on any atom is 0.134 e. The highest BCUT2D eigenvalue weighted by molar-refractivity contribution is 7.80. The monoisotopic (exact) mass is 561 g/mol. The van der Waals surface area contributed by atoms with Crippen LogP contribution >= 0.6 is 24.2 Å². The number of amidine groups is 1. The number of nitrogens with one attached hydrogen (secondary N) is 1. The van der Waals surface area contributed by atoms with E-state index in [9.17, 15) is 4.39 Å². The maximum absolute atomic E-state index is 15.2. The molecule has 2 unspecified atom stereocenters. The van der Waals surface area contributed by atoms with Crippen LogP contribution in [0, 0.1) is 11.6 Å². The van der Waals surface area contributed by atoms with Crippen LogP contribution < -0.4 is 5.32 Å². The number of nitrogens with zero attached hydrogens (tertiary/aromatic N) is 4. The van der Waals surface area contributed by atoms with Crippen LogP contribution in [0.15, 0.2) is 29.3 Å². The molecule has 6 rings (SSSR count). The van der Waals surface area contributed by atoms with Gasteiger partial charge in [0.2, 0.25) is 0 Å². The second-order valence-corrected chi connectivity index (χ2v) is 11.5. The van der Waals surface area contributed by atoms with Gasteiger partial charge in [-0.3, -0.25) is 14.8 Å². The Labute approximate surface area is 233 Å². The molecule has 0 aliphatic carbocycles. The molecule has 2 bridgehead atoms. The molecule has 3 saturated heterocycles. The normalized spacial score (nSPS) is 24.9. The molecular formula is C28H34ClF2N5OS. The Morgan fingerprint density at radius 1 is 1.11 bits per heavy atom. The van der Waals surface area contributed by atoms with Gasteiger partial charge in [0.1, 0.15) is 17.5 Å². The van der Waals surface area contributed by atoms with E-state index in [-0.39, 0.29) is 12.1 Å². The average Bonchev–Trinajstić information content (AvgIpc) is 2.87. The highest BCUT2D eigenvalue weighted by Gasteiger charge is 2.36. The fourth-order valence-corrected chi connectivity index (χ4v) is 6.73. The Bertz CT molecular complexity index is 1230. The Morgan fingerprint density at radius 3 is 2.55 bits per heavy atom. The number of fused-ring (bicyclic) bond motifs is 2. The number of hydrogen-bond acceptors (Lipinski definition) is 7. The van der Waals surface area contributed by atoms with Crippen molar-refractivity contribution in [2.45, 2.75) is 31.6 Å². The number of hydrogen-bond donors (Lipinski definition) is 2. The molecule has 2 aromatic carbocycles. The Hall–Kier alpha value is -1.75. The van der Waals surface area contributed by atoms with E-state index in [1.54, 1.807) is 0 Å². The van der Waals surface area contributed by atoms with Crippen LogP contribution in [-0.2, 0) is 11.3 Å². The van der Waals surface area contributed by atoms with Crippen LogP contribution in [0.4, 0.5) is 8.78 Å². The SMILES string of the molecule is CC1CNCCN1C1=NC(CS)c2c(CN3CCN(C4COC4)CC3)c1cc(Cl)c2-c1ccc(F)cc1F. The molecule has 0 saturated carbocycles. The van der Waals surface area contributed by atoms with Crippen molar-refractivity contribution in [1.29, 1.82) is 0 Å². The molecule has 0 spiro atoms. The van der Waals surface area contributed by atoms with E-state index < -0.39 is 11.6 Å². The first-order valence-corrected chi connectivity index (χ1v) is 14.5. The molecule has 4 heterocycles. The lowest BCUT2D eigenvalue weighted by atomic mass is 9.84. The molecule has 2 aromatic rings. The van der Waals surface area contributed by atoms with Crippen LogP contribution in [0.25, 0.3) is 11.1 Å². The largest absolute Gasteiger partial charge is 0.378 e. The number of benzene rings is 2. The molecule has 0 amide bonds. The van der Waals surface area contributed by atoms with E-state index >= 15 is 4.39 Å². The van der Waals surface area contributed by atoms with Gasteiger partial charge in [0.05, 0.1) is 25.3 Å².